The monoisotopic (exact) mass is 579 g/mol. The molecule has 0 bridgehead atoms. The maximum Gasteiger partial charge on any atom is 0.282 e. The Kier molecular flexibility index (Phi) is 7.04. The number of fused-ring (bicyclic) bond motifs is 2. The van der Waals surface area contributed by atoms with E-state index in [1.807, 2.05) is 19.1 Å². The van der Waals surface area contributed by atoms with Gasteiger partial charge in [-0.1, -0.05) is 30.7 Å². The summed E-state index contributed by atoms with van der Waals surface area (Å²) in [4.78, 5) is 18.2. The third-order valence-electron chi connectivity index (χ3n) is 5.95. The summed E-state index contributed by atoms with van der Waals surface area (Å²) in [7, 11) is 1.58. The van der Waals surface area contributed by atoms with Gasteiger partial charge in [0, 0.05) is 20.4 Å². The van der Waals surface area contributed by atoms with Crippen molar-refractivity contribution in [3.05, 3.63) is 86.1 Å². The molecule has 0 aliphatic heterocycles. The zero-order valence-electron chi connectivity index (χ0n) is 20.4. The Morgan fingerprint density at radius 1 is 1.16 bits per heavy atom. The highest BCUT2D eigenvalue weighted by atomic mass is 79.9. The molecule has 0 radical (unpaired) electrons. The summed E-state index contributed by atoms with van der Waals surface area (Å²) in [6.45, 7) is 4.05. The van der Waals surface area contributed by atoms with E-state index in [9.17, 15) is 4.79 Å². The Morgan fingerprint density at radius 2 is 1.97 bits per heavy atom. The molecule has 37 heavy (non-hydrogen) atoms. The van der Waals surface area contributed by atoms with Gasteiger partial charge >= 0.3 is 0 Å². The summed E-state index contributed by atoms with van der Waals surface area (Å²) in [6, 6.07) is 17.9. The lowest BCUT2D eigenvalue weighted by molar-refractivity contribution is 0.207. The van der Waals surface area contributed by atoms with Gasteiger partial charge in [0.2, 0.25) is 5.82 Å². The lowest BCUT2D eigenvalue weighted by atomic mass is 10.2. The SMILES string of the molecule is CC[C@@H](C)Oc1cc(Br)c(C=Nn2c(-c3cc4cc(Cl)ccc4o3)nc3ccccc3c2=O)cc1OC. The second kappa shape index (κ2) is 10.4. The third-order valence-corrected chi connectivity index (χ3v) is 6.87. The minimum atomic E-state index is -0.324. The van der Waals surface area contributed by atoms with Gasteiger partial charge in [0.1, 0.15) is 5.58 Å². The fraction of sp³-hybridized carbons (Fsp3) is 0.179. The van der Waals surface area contributed by atoms with Crippen LogP contribution in [0.2, 0.25) is 5.02 Å². The Hall–Kier alpha value is -3.62. The average molecular weight is 581 g/mol. The molecule has 0 spiro atoms. The van der Waals surface area contributed by atoms with Crippen LogP contribution in [0.3, 0.4) is 0 Å². The largest absolute Gasteiger partial charge is 0.493 e. The van der Waals surface area contributed by atoms with Crippen LogP contribution in [0.15, 0.2) is 79.4 Å². The van der Waals surface area contributed by atoms with Gasteiger partial charge in [-0.25, -0.2) is 4.98 Å². The maximum atomic E-state index is 13.5. The molecule has 0 amide bonds. The number of rotatable bonds is 7. The highest BCUT2D eigenvalue weighted by Gasteiger charge is 2.17. The molecule has 0 aliphatic carbocycles. The quantitative estimate of drug-likeness (QED) is 0.189. The number of methoxy groups -OCH3 is 1. The molecule has 0 fully saturated rings. The number of para-hydroxylation sites is 1. The number of benzene rings is 3. The molecule has 2 aromatic heterocycles. The summed E-state index contributed by atoms with van der Waals surface area (Å²) in [6.07, 6.45) is 2.46. The summed E-state index contributed by atoms with van der Waals surface area (Å²) in [5.41, 5.74) is 1.54. The van der Waals surface area contributed by atoms with Crippen LogP contribution >= 0.6 is 27.5 Å². The van der Waals surface area contributed by atoms with Crippen LogP contribution in [-0.4, -0.2) is 29.1 Å². The molecule has 1 atom stereocenters. The van der Waals surface area contributed by atoms with Crippen molar-refractivity contribution in [3.8, 4) is 23.1 Å². The van der Waals surface area contributed by atoms with Gasteiger partial charge in [-0.15, -0.1) is 0 Å². The summed E-state index contributed by atoms with van der Waals surface area (Å²) < 4.78 is 19.5. The lowest BCUT2D eigenvalue weighted by Gasteiger charge is -2.16. The van der Waals surface area contributed by atoms with Gasteiger partial charge in [-0.3, -0.25) is 4.79 Å². The molecule has 5 aromatic rings. The standard InChI is InChI=1S/C28H23BrClN3O4/c1-4-16(2)36-25-14-21(29)18(13-24(25)35-3)15-31-33-27(32-22-8-6-5-7-20(22)28(33)34)26-12-17-11-19(30)9-10-23(17)37-26/h5-16H,4H2,1-3H3/t16-/m1/s1. The second-order valence-corrected chi connectivity index (χ2v) is 9.76. The highest BCUT2D eigenvalue weighted by Crippen LogP contribution is 2.34. The number of hydrogen-bond acceptors (Lipinski definition) is 6. The van der Waals surface area contributed by atoms with Crippen molar-refractivity contribution in [2.45, 2.75) is 26.4 Å². The number of ether oxygens (including phenoxy) is 2. The first-order valence-corrected chi connectivity index (χ1v) is 12.8. The van der Waals surface area contributed by atoms with Crippen molar-refractivity contribution in [2.24, 2.45) is 5.10 Å². The Labute approximate surface area is 226 Å². The van der Waals surface area contributed by atoms with Gasteiger partial charge in [-0.2, -0.15) is 9.78 Å². The summed E-state index contributed by atoms with van der Waals surface area (Å²) in [5.74, 6) is 1.84. The van der Waals surface area contributed by atoms with E-state index < -0.39 is 0 Å². The van der Waals surface area contributed by atoms with E-state index in [0.29, 0.717) is 44.3 Å². The Bertz CT molecular complexity index is 1710. The van der Waals surface area contributed by atoms with Crippen molar-refractivity contribution < 1.29 is 13.9 Å². The van der Waals surface area contributed by atoms with Crippen molar-refractivity contribution in [1.29, 1.82) is 0 Å². The number of aromatic nitrogens is 2. The van der Waals surface area contributed by atoms with Crippen LogP contribution in [0, 0.1) is 0 Å². The molecule has 2 heterocycles. The van der Waals surface area contributed by atoms with Crippen LogP contribution < -0.4 is 15.0 Å². The molecule has 7 nitrogen and oxygen atoms in total. The van der Waals surface area contributed by atoms with Crippen LogP contribution in [0.4, 0.5) is 0 Å². The normalized spacial score (nSPS) is 12.5. The van der Waals surface area contributed by atoms with E-state index >= 15 is 0 Å². The first-order valence-electron chi connectivity index (χ1n) is 11.7. The third kappa shape index (κ3) is 4.99. The minimum absolute atomic E-state index is 0.0313. The fourth-order valence-electron chi connectivity index (χ4n) is 3.84. The number of nitrogens with zero attached hydrogens (tertiary/aromatic N) is 3. The van der Waals surface area contributed by atoms with Gasteiger partial charge < -0.3 is 13.9 Å². The molecule has 0 saturated carbocycles. The molecule has 5 rings (SSSR count). The molecule has 0 aliphatic rings. The van der Waals surface area contributed by atoms with Crippen molar-refractivity contribution in [1.82, 2.24) is 9.66 Å². The van der Waals surface area contributed by atoms with E-state index in [4.69, 9.17) is 30.5 Å². The molecule has 9 heteroatoms. The molecule has 188 valence electrons. The first kappa shape index (κ1) is 25.0. The van der Waals surface area contributed by atoms with E-state index in [-0.39, 0.29) is 17.5 Å². The highest BCUT2D eigenvalue weighted by molar-refractivity contribution is 9.10. The zero-order chi connectivity index (χ0) is 26.1. The molecule has 3 aromatic carbocycles. The minimum Gasteiger partial charge on any atom is -0.493 e. The van der Waals surface area contributed by atoms with Crippen molar-refractivity contribution >= 4 is 55.6 Å². The predicted octanol–water partition coefficient (Wildman–Crippen LogP) is 7.29. The number of hydrogen-bond donors (Lipinski definition) is 0. The molecule has 0 N–H and O–H groups in total. The van der Waals surface area contributed by atoms with Crippen LogP contribution in [-0.2, 0) is 0 Å². The van der Waals surface area contributed by atoms with Crippen LogP contribution in [0.1, 0.15) is 25.8 Å². The smallest absolute Gasteiger partial charge is 0.282 e. The first-order chi connectivity index (χ1) is 17.9. The molecular weight excluding hydrogens is 558 g/mol. The average Bonchev–Trinajstić information content (AvgIpc) is 3.32. The summed E-state index contributed by atoms with van der Waals surface area (Å²) >= 11 is 9.74. The van der Waals surface area contributed by atoms with Crippen LogP contribution in [0.5, 0.6) is 11.5 Å². The summed E-state index contributed by atoms with van der Waals surface area (Å²) in [5, 5.41) is 6.36. The number of furan rings is 1. The van der Waals surface area contributed by atoms with Gasteiger partial charge in [0.15, 0.2) is 17.3 Å². The molecular formula is C28H23BrClN3O4. The van der Waals surface area contributed by atoms with Crippen molar-refractivity contribution in [3.63, 3.8) is 0 Å². The van der Waals surface area contributed by atoms with Gasteiger partial charge in [-0.05, 0) is 77.8 Å². The van der Waals surface area contributed by atoms with Gasteiger partial charge in [0.25, 0.3) is 5.56 Å². The number of halogens is 2. The molecule has 0 saturated heterocycles. The molecule has 0 unspecified atom stereocenters. The Balaban J connectivity index is 1.65. The van der Waals surface area contributed by atoms with E-state index in [0.717, 1.165) is 16.3 Å². The zero-order valence-corrected chi connectivity index (χ0v) is 22.7. The Morgan fingerprint density at radius 3 is 2.76 bits per heavy atom. The second-order valence-electron chi connectivity index (χ2n) is 8.47. The van der Waals surface area contributed by atoms with E-state index in [2.05, 4.69) is 28.0 Å². The van der Waals surface area contributed by atoms with Gasteiger partial charge in [0.05, 0.1) is 30.3 Å². The lowest BCUT2D eigenvalue weighted by Crippen LogP contribution is -2.20. The predicted molar refractivity (Wildman–Crippen MR) is 150 cm³/mol. The van der Waals surface area contributed by atoms with Crippen molar-refractivity contribution in [2.75, 3.05) is 7.11 Å². The van der Waals surface area contributed by atoms with Crippen LogP contribution in [0.25, 0.3) is 33.5 Å². The van der Waals surface area contributed by atoms with E-state index in [1.165, 1.54) is 4.68 Å². The maximum absolute atomic E-state index is 13.5. The topological polar surface area (TPSA) is 78.9 Å². The van der Waals surface area contributed by atoms with E-state index in [1.54, 1.807) is 61.9 Å². The fourth-order valence-corrected chi connectivity index (χ4v) is 4.44.